The molecule has 0 radical (unpaired) electrons. The Kier molecular flexibility index (Phi) is 8.89. The van der Waals surface area contributed by atoms with E-state index < -0.39 is 5.60 Å². The Hall–Kier alpha value is -1.03. The van der Waals surface area contributed by atoms with E-state index >= 15 is 0 Å². The SMILES string of the molecule is CCN(CC(C=C(C)C(C)(C)C)CCCO)C(=O)OC(C)(C)C. The molecular weight excluding hydrogens is 290 g/mol. The quantitative estimate of drug-likeness (QED) is 0.694. The molecule has 0 aromatic carbocycles. The fourth-order valence-corrected chi connectivity index (χ4v) is 2.13. The van der Waals surface area contributed by atoms with Crippen molar-refractivity contribution in [2.24, 2.45) is 11.3 Å². The number of rotatable bonds is 7. The minimum absolute atomic E-state index is 0.112. The third-order valence-corrected chi connectivity index (χ3v) is 3.89. The molecule has 0 aromatic heterocycles. The summed E-state index contributed by atoms with van der Waals surface area (Å²) in [6.45, 7) is 17.7. The highest BCUT2D eigenvalue weighted by Crippen LogP contribution is 2.27. The van der Waals surface area contributed by atoms with Crippen LogP contribution in [0.4, 0.5) is 4.79 Å². The van der Waals surface area contributed by atoms with Gasteiger partial charge in [-0.05, 0) is 58.8 Å². The summed E-state index contributed by atoms with van der Waals surface area (Å²) in [6.07, 6.45) is 3.59. The second-order valence-corrected chi connectivity index (χ2v) is 8.24. The zero-order valence-corrected chi connectivity index (χ0v) is 16.4. The summed E-state index contributed by atoms with van der Waals surface area (Å²) in [6, 6.07) is 0. The maximum Gasteiger partial charge on any atom is 0.410 e. The topological polar surface area (TPSA) is 49.8 Å². The van der Waals surface area contributed by atoms with Crippen LogP contribution < -0.4 is 0 Å². The molecule has 0 aliphatic rings. The molecule has 0 rings (SSSR count). The summed E-state index contributed by atoms with van der Waals surface area (Å²) >= 11 is 0. The molecule has 1 unspecified atom stereocenters. The third-order valence-electron chi connectivity index (χ3n) is 3.89. The molecule has 4 heteroatoms. The number of hydrogen-bond donors (Lipinski definition) is 1. The molecule has 0 aliphatic carbocycles. The van der Waals surface area contributed by atoms with E-state index in [-0.39, 0.29) is 24.0 Å². The molecule has 0 heterocycles. The van der Waals surface area contributed by atoms with Crippen LogP contribution in [-0.4, -0.2) is 41.4 Å². The number of aliphatic hydroxyl groups is 1. The smallest absolute Gasteiger partial charge is 0.410 e. The van der Waals surface area contributed by atoms with E-state index in [9.17, 15) is 4.79 Å². The normalized spacial score (nSPS) is 14.6. The highest BCUT2D eigenvalue weighted by Gasteiger charge is 2.23. The fraction of sp³-hybridized carbons (Fsp3) is 0.842. The maximum atomic E-state index is 12.3. The lowest BCUT2D eigenvalue weighted by molar-refractivity contribution is 0.0239. The maximum absolute atomic E-state index is 12.3. The summed E-state index contributed by atoms with van der Waals surface area (Å²) in [5, 5.41) is 9.14. The molecule has 4 nitrogen and oxygen atoms in total. The molecule has 0 spiro atoms. The van der Waals surface area contributed by atoms with Gasteiger partial charge in [-0.25, -0.2) is 4.79 Å². The van der Waals surface area contributed by atoms with Gasteiger partial charge in [0.2, 0.25) is 0 Å². The van der Waals surface area contributed by atoms with Crippen LogP contribution in [0.5, 0.6) is 0 Å². The van der Waals surface area contributed by atoms with Crippen molar-refractivity contribution in [3.63, 3.8) is 0 Å². The van der Waals surface area contributed by atoms with Crippen molar-refractivity contribution >= 4 is 6.09 Å². The van der Waals surface area contributed by atoms with Gasteiger partial charge in [0.05, 0.1) is 0 Å². The largest absolute Gasteiger partial charge is 0.444 e. The van der Waals surface area contributed by atoms with Gasteiger partial charge in [0, 0.05) is 19.7 Å². The van der Waals surface area contributed by atoms with Gasteiger partial charge in [-0.1, -0.05) is 32.4 Å². The van der Waals surface area contributed by atoms with Gasteiger partial charge in [0.15, 0.2) is 0 Å². The first-order chi connectivity index (χ1) is 10.4. The molecule has 0 bridgehead atoms. The van der Waals surface area contributed by atoms with E-state index in [0.29, 0.717) is 13.1 Å². The second-order valence-electron chi connectivity index (χ2n) is 8.24. The Morgan fingerprint density at radius 1 is 1.22 bits per heavy atom. The van der Waals surface area contributed by atoms with Crippen molar-refractivity contribution in [1.82, 2.24) is 4.90 Å². The Morgan fingerprint density at radius 3 is 2.17 bits per heavy atom. The van der Waals surface area contributed by atoms with Crippen LogP contribution >= 0.6 is 0 Å². The summed E-state index contributed by atoms with van der Waals surface area (Å²) in [5.41, 5.74) is 0.934. The molecule has 0 saturated heterocycles. The van der Waals surface area contributed by atoms with E-state index in [1.807, 2.05) is 27.7 Å². The van der Waals surface area contributed by atoms with Gasteiger partial charge < -0.3 is 14.7 Å². The molecule has 0 aliphatic heterocycles. The van der Waals surface area contributed by atoms with Crippen molar-refractivity contribution in [2.75, 3.05) is 19.7 Å². The minimum Gasteiger partial charge on any atom is -0.444 e. The first-order valence-electron chi connectivity index (χ1n) is 8.68. The highest BCUT2D eigenvalue weighted by atomic mass is 16.6. The average molecular weight is 328 g/mol. The molecule has 136 valence electrons. The Morgan fingerprint density at radius 2 is 1.78 bits per heavy atom. The standard InChI is InChI=1S/C19H37NO3/c1-9-20(17(22)23-19(6,7)8)14-16(11-10-12-21)13-15(2)18(3,4)5/h13,16,21H,9-12,14H2,1-8H3. The van der Waals surface area contributed by atoms with Crippen LogP contribution in [0, 0.1) is 11.3 Å². The zero-order chi connectivity index (χ0) is 18.3. The summed E-state index contributed by atoms with van der Waals surface area (Å²) in [5.74, 6) is 0.230. The predicted molar refractivity (Wildman–Crippen MR) is 96.5 cm³/mol. The number of nitrogens with zero attached hydrogens (tertiary/aromatic N) is 1. The Labute approximate surface area is 142 Å². The lowest BCUT2D eigenvalue weighted by Crippen LogP contribution is -2.39. The van der Waals surface area contributed by atoms with Crippen LogP contribution in [-0.2, 0) is 4.74 Å². The monoisotopic (exact) mass is 327 g/mol. The summed E-state index contributed by atoms with van der Waals surface area (Å²) < 4.78 is 5.49. The van der Waals surface area contributed by atoms with Crippen molar-refractivity contribution in [3.05, 3.63) is 11.6 Å². The van der Waals surface area contributed by atoms with Crippen LogP contribution in [0.3, 0.4) is 0 Å². The molecule has 0 saturated carbocycles. The predicted octanol–water partition coefficient (Wildman–Crippen LogP) is 4.62. The molecular formula is C19H37NO3. The van der Waals surface area contributed by atoms with Crippen LogP contribution in [0.15, 0.2) is 11.6 Å². The number of allylic oxidation sites excluding steroid dienone is 1. The van der Waals surface area contributed by atoms with Gasteiger partial charge in [0.25, 0.3) is 0 Å². The van der Waals surface area contributed by atoms with Gasteiger partial charge in [-0.15, -0.1) is 0 Å². The van der Waals surface area contributed by atoms with Crippen molar-refractivity contribution < 1.29 is 14.6 Å². The molecule has 1 atom stereocenters. The molecule has 1 N–H and O–H groups in total. The molecule has 23 heavy (non-hydrogen) atoms. The second kappa shape index (κ2) is 9.31. The van der Waals surface area contributed by atoms with Gasteiger partial charge in [-0.2, -0.15) is 0 Å². The third kappa shape index (κ3) is 9.65. The number of carbonyl (C=O) groups excluding carboxylic acids is 1. The molecule has 1 amide bonds. The Balaban J connectivity index is 5.07. The van der Waals surface area contributed by atoms with Crippen LogP contribution in [0.25, 0.3) is 0 Å². The number of carbonyl (C=O) groups is 1. The zero-order valence-electron chi connectivity index (χ0n) is 16.4. The first-order valence-corrected chi connectivity index (χ1v) is 8.68. The van der Waals surface area contributed by atoms with E-state index in [4.69, 9.17) is 9.84 Å². The van der Waals surface area contributed by atoms with E-state index in [1.165, 1.54) is 5.57 Å². The van der Waals surface area contributed by atoms with Gasteiger partial charge in [-0.3, -0.25) is 0 Å². The highest BCUT2D eigenvalue weighted by molar-refractivity contribution is 5.68. The number of amides is 1. The van der Waals surface area contributed by atoms with Crippen molar-refractivity contribution in [1.29, 1.82) is 0 Å². The number of aliphatic hydroxyl groups excluding tert-OH is 1. The van der Waals surface area contributed by atoms with Gasteiger partial charge in [0.1, 0.15) is 5.60 Å². The Bertz CT molecular complexity index is 388. The van der Waals surface area contributed by atoms with Crippen molar-refractivity contribution in [3.8, 4) is 0 Å². The minimum atomic E-state index is -0.484. The van der Waals surface area contributed by atoms with E-state index in [1.54, 1.807) is 4.90 Å². The fourth-order valence-electron chi connectivity index (χ4n) is 2.13. The van der Waals surface area contributed by atoms with Crippen LogP contribution in [0.1, 0.15) is 68.2 Å². The first kappa shape index (κ1) is 22.0. The van der Waals surface area contributed by atoms with Crippen molar-refractivity contribution in [2.45, 2.75) is 73.8 Å². The lowest BCUT2D eigenvalue weighted by Gasteiger charge is -2.30. The van der Waals surface area contributed by atoms with E-state index in [2.05, 4.69) is 33.8 Å². The molecule has 0 aromatic rings. The number of hydrogen-bond acceptors (Lipinski definition) is 3. The molecule has 0 fully saturated rings. The van der Waals surface area contributed by atoms with Gasteiger partial charge >= 0.3 is 6.09 Å². The lowest BCUT2D eigenvalue weighted by atomic mass is 9.84. The summed E-state index contributed by atoms with van der Waals surface area (Å²) in [4.78, 5) is 14.1. The van der Waals surface area contributed by atoms with Crippen LogP contribution in [0.2, 0.25) is 0 Å². The number of ether oxygens (including phenoxy) is 1. The summed E-state index contributed by atoms with van der Waals surface area (Å²) in [7, 11) is 0. The van der Waals surface area contributed by atoms with E-state index in [0.717, 1.165) is 12.8 Å². The average Bonchev–Trinajstić information content (AvgIpc) is 2.38.